The molecule has 0 radical (unpaired) electrons. The number of para-hydroxylation sites is 3. The largest absolute Gasteiger partial charge is 0.492 e. The third-order valence-corrected chi connectivity index (χ3v) is 5.22. The molecule has 1 N–H and O–H groups in total. The van der Waals surface area contributed by atoms with Crippen molar-refractivity contribution in [3.8, 4) is 11.5 Å². The topological polar surface area (TPSA) is 84.9 Å². The van der Waals surface area contributed by atoms with Crippen molar-refractivity contribution in [1.29, 1.82) is 0 Å². The van der Waals surface area contributed by atoms with Crippen LogP contribution in [0.15, 0.2) is 54.6 Å². The molecule has 0 saturated heterocycles. The number of benzene rings is 2. The van der Waals surface area contributed by atoms with E-state index in [-0.39, 0.29) is 18.9 Å². The zero-order valence-corrected chi connectivity index (χ0v) is 17.7. The Morgan fingerprint density at radius 1 is 1.03 bits per heavy atom. The van der Waals surface area contributed by atoms with Crippen LogP contribution in [0.25, 0.3) is 0 Å². The molecule has 0 bridgehead atoms. The van der Waals surface area contributed by atoms with Gasteiger partial charge in [0.2, 0.25) is 15.9 Å². The average Bonchev–Trinajstić information content (AvgIpc) is 2.69. The summed E-state index contributed by atoms with van der Waals surface area (Å²) in [6.07, 6.45) is 1.75. The van der Waals surface area contributed by atoms with Crippen LogP contribution in [-0.4, -0.2) is 46.9 Å². The van der Waals surface area contributed by atoms with Gasteiger partial charge in [0.1, 0.15) is 18.1 Å². The lowest BCUT2D eigenvalue weighted by atomic mass is 10.2. The number of amides is 1. The lowest BCUT2D eigenvalue weighted by molar-refractivity contribution is -0.121. The third-order valence-electron chi connectivity index (χ3n) is 4.04. The van der Waals surface area contributed by atoms with Crippen molar-refractivity contribution in [2.75, 3.05) is 36.9 Å². The molecule has 8 heteroatoms. The van der Waals surface area contributed by atoms with Crippen LogP contribution in [0.4, 0.5) is 5.69 Å². The van der Waals surface area contributed by atoms with E-state index in [1.807, 2.05) is 37.3 Å². The maximum absolute atomic E-state index is 12.3. The van der Waals surface area contributed by atoms with Gasteiger partial charge in [-0.1, -0.05) is 30.3 Å². The third kappa shape index (κ3) is 7.65. The quantitative estimate of drug-likeness (QED) is 0.534. The molecule has 0 aromatic heterocycles. The Balaban J connectivity index is 1.82. The molecule has 1 amide bonds. The minimum atomic E-state index is -3.51. The van der Waals surface area contributed by atoms with Crippen LogP contribution in [0, 0.1) is 0 Å². The summed E-state index contributed by atoms with van der Waals surface area (Å²) in [5.41, 5.74) is 0.480. The molecule has 7 nitrogen and oxygen atoms in total. The van der Waals surface area contributed by atoms with Gasteiger partial charge in [-0.15, -0.1) is 0 Å². The van der Waals surface area contributed by atoms with Crippen molar-refractivity contribution < 1.29 is 22.7 Å². The first-order chi connectivity index (χ1) is 13.9. The van der Waals surface area contributed by atoms with Crippen molar-refractivity contribution in [1.82, 2.24) is 5.32 Å². The second-order valence-corrected chi connectivity index (χ2v) is 8.26. The smallest absolute Gasteiger partial charge is 0.232 e. The molecule has 0 aliphatic rings. The van der Waals surface area contributed by atoms with E-state index in [2.05, 4.69) is 5.32 Å². The number of hydrogen-bond acceptors (Lipinski definition) is 5. The fourth-order valence-electron chi connectivity index (χ4n) is 2.75. The van der Waals surface area contributed by atoms with E-state index in [1.54, 1.807) is 24.3 Å². The molecular formula is C21H28N2O5S. The lowest BCUT2D eigenvalue weighted by Gasteiger charge is -2.24. The normalized spacial score (nSPS) is 11.0. The second kappa shape index (κ2) is 11.3. The SMILES string of the molecule is CCOc1ccccc1N(CCCC(=O)NCCOc1ccccc1)S(C)(=O)=O. The molecule has 0 heterocycles. The fraction of sp³-hybridized carbons (Fsp3) is 0.381. The van der Waals surface area contributed by atoms with Gasteiger partial charge in [-0.05, 0) is 37.6 Å². The summed E-state index contributed by atoms with van der Waals surface area (Å²) < 4.78 is 36.9. The fourth-order valence-corrected chi connectivity index (χ4v) is 3.72. The molecule has 0 aliphatic heterocycles. The predicted octanol–water partition coefficient (Wildman–Crippen LogP) is 2.83. The van der Waals surface area contributed by atoms with Gasteiger partial charge in [0.05, 0.1) is 25.1 Å². The van der Waals surface area contributed by atoms with Crippen molar-refractivity contribution in [3.05, 3.63) is 54.6 Å². The summed E-state index contributed by atoms with van der Waals surface area (Å²) in [6, 6.07) is 16.3. The maximum Gasteiger partial charge on any atom is 0.232 e. The van der Waals surface area contributed by atoms with Crippen LogP contribution in [0.2, 0.25) is 0 Å². The van der Waals surface area contributed by atoms with Gasteiger partial charge in [0.25, 0.3) is 0 Å². The standard InChI is InChI=1S/C21H28N2O5S/c1-3-27-20-13-8-7-12-19(20)23(29(2,25)26)16-9-14-21(24)22-15-17-28-18-10-5-4-6-11-18/h4-8,10-13H,3,9,14-17H2,1-2H3,(H,22,24). The molecule has 0 fully saturated rings. The molecule has 0 aliphatic carbocycles. The van der Waals surface area contributed by atoms with Gasteiger partial charge in [-0.3, -0.25) is 9.10 Å². The summed E-state index contributed by atoms with van der Waals surface area (Å²) in [4.78, 5) is 12.0. The van der Waals surface area contributed by atoms with E-state index in [4.69, 9.17) is 9.47 Å². The van der Waals surface area contributed by atoms with Gasteiger partial charge >= 0.3 is 0 Å². The van der Waals surface area contributed by atoms with Gasteiger partial charge < -0.3 is 14.8 Å². The Kier molecular flexibility index (Phi) is 8.79. The number of carbonyl (C=O) groups excluding carboxylic acids is 1. The second-order valence-electron chi connectivity index (χ2n) is 6.35. The summed E-state index contributed by atoms with van der Waals surface area (Å²) in [5, 5.41) is 2.78. The number of ether oxygens (including phenoxy) is 2. The number of anilines is 1. The highest BCUT2D eigenvalue weighted by atomic mass is 32.2. The summed E-state index contributed by atoms with van der Waals surface area (Å²) in [6.45, 7) is 3.22. The maximum atomic E-state index is 12.3. The average molecular weight is 421 g/mol. The van der Waals surface area contributed by atoms with E-state index in [0.717, 1.165) is 12.0 Å². The van der Waals surface area contributed by atoms with E-state index in [1.165, 1.54) is 4.31 Å². The van der Waals surface area contributed by atoms with E-state index < -0.39 is 10.0 Å². The van der Waals surface area contributed by atoms with Crippen molar-refractivity contribution in [3.63, 3.8) is 0 Å². The summed E-state index contributed by atoms with van der Waals surface area (Å²) >= 11 is 0. The van der Waals surface area contributed by atoms with Crippen molar-refractivity contribution in [2.45, 2.75) is 19.8 Å². The minimum absolute atomic E-state index is 0.145. The summed E-state index contributed by atoms with van der Waals surface area (Å²) in [5.74, 6) is 1.11. The molecule has 0 unspecified atom stereocenters. The van der Waals surface area contributed by atoms with E-state index >= 15 is 0 Å². The lowest BCUT2D eigenvalue weighted by Crippen LogP contribution is -2.33. The minimum Gasteiger partial charge on any atom is -0.492 e. The number of sulfonamides is 1. The van der Waals surface area contributed by atoms with Crippen LogP contribution in [0.3, 0.4) is 0 Å². The first kappa shape index (κ1) is 22.5. The molecule has 2 aromatic carbocycles. The molecule has 0 saturated carbocycles. The molecule has 0 spiro atoms. The van der Waals surface area contributed by atoms with Gasteiger partial charge in [0.15, 0.2) is 0 Å². The van der Waals surface area contributed by atoms with Gasteiger partial charge in [-0.25, -0.2) is 8.42 Å². The molecule has 2 rings (SSSR count). The Morgan fingerprint density at radius 2 is 1.72 bits per heavy atom. The van der Waals surface area contributed by atoms with Crippen LogP contribution in [0.1, 0.15) is 19.8 Å². The van der Waals surface area contributed by atoms with Crippen molar-refractivity contribution in [2.24, 2.45) is 0 Å². The highest BCUT2D eigenvalue weighted by Crippen LogP contribution is 2.30. The first-order valence-corrected chi connectivity index (χ1v) is 11.4. The van der Waals surface area contributed by atoms with E-state index in [9.17, 15) is 13.2 Å². The molecular weight excluding hydrogens is 392 g/mol. The number of nitrogens with one attached hydrogen (secondary N) is 1. The van der Waals surface area contributed by atoms with Crippen LogP contribution in [0.5, 0.6) is 11.5 Å². The van der Waals surface area contributed by atoms with Crippen LogP contribution in [-0.2, 0) is 14.8 Å². The number of nitrogens with zero attached hydrogens (tertiary/aromatic N) is 1. The zero-order chi connectivity index (χ0) is 21.1. The number of carbonyl (C=O) groups is 1. The predicted molar refractivity (Wildman–Crippen MR) is 114 cm³/mol. The highest BCUT2D eigenvalue weighted by molar-refractivity contribution is 7.92. The zero-order valence-electron chi connectivity index (χ0n) is 16.8. The Morgan fingerprint density at radius 3 is 2.41 bits per heavy atom. The first-order valence-electron chi connectivity index (χ1n) is 9.56. The molecule has 2 aromatic rings. The Hall–Kier alpha value is -2.74. The Labute approximate surface area is 172 Å². The molecule has 29 heavy (non-hydrogen) atoms. The van der Waals surface area contributed by atoms with E-state index in [0.29, 0.717) is 37.6 Å². The Bertz CT molecular complexity index is 872. The van der Waals surface area contributed by atoms with Crippen LogP contribution < -0.4 is 19.1 Å². The monoisotopic (exact) mass is 420 g/mol. The van der Waals surface area contributed by atoms with Gasteiger partial charge in [-0.2, -0.15) is 0 Å². The van der Waals surface area contributed by atoms with Crippen molar-refractivity contribution >= 4 is 21.6 Å². The summed E-state index contributed by atoms with van der Waals surface area (Å²) in [7, 11) is -3.51. The molecule has 158 valence electrons. The highest BCUT2D eigenvalue weighted by Gasteiger charge is 2.21. The van der Waals surface area contributed by atoms with Crippen LogP contribution >= 0.6 is 0 Å². The molecule has 0 atom stereocenters. The number of rotatable bonds is 12. The van der Waals surface area contributed by atoms with Gasteiger partial charge in [0, 0.05) is 13.0 Å². The number of hydrogen-bond donors (Lipinski definition) is 1.